The number of amides is 1. The molecule has 1 N–H and O–H groups in total. The average Bonchev–Trinajstić information content (AvgIpc) is 3.26. The maximum absolute atomic E-state index is 12.9. The van der Waals surface area contributed by atoms with Gasteiger partial charge in [-0.2, -0.15) is 0 Å². The van der Waals surface area contributed by atoms with Gasteiger partial charge in [-0.05, 0) is 49.2 Å². The lowest BCUT2D eigenvalue weighted by Gasteiger charge is -2.11. The number of hydrogen-bond donors (Lipinski definition) is 1. The molecule has 7 heteroatoms. The van der Waals surface area contributed by atoms with E-state index < -0.39 is 0 Å². The van der Waals surface area contributed by atoms with Crippen molar-refractivity contribution in [2.75, 3.05) is 20.3 Å². The van der Waals surface area contributed by atoms with Crippen molar-refractivity contribution in [2.45, 2.75) is 18.9 Å². The third kappa shape index (κ3) is 4.44. The van der Waals surface area contributed by atoms with Crippen molar-refractivity contribution in [3.05, 3.63) is 64.7 Å². The van der Waals surface area contributed by atoms with E-state index in [4.69, 9.17) is 25.5 Å². The Kier molecular flexibility index (Phi) is 5.83. The number of carbonyl (C=O) groups excluding carboxylic acids is 1. The topological polar surface area (TPSA) is 73.1 Å². The molecule has 0 radical (unpaired) electrons. The Morgan fingerprint density at radius 2 is 2.10 bits per heavy atom. The van der Waals surface area contributed by atoms with Gasteiger partial charge < -0.3 is 19.2 Å². The van der Waals surface area contributed by atoms with Crippen LogP contribution in [0, 0.1) is 0 Å². The van der Waals surface area contributed by atoms with Crippen LogP contribution in [0.15, 0.2) is 57.9 Å². The molecule has 0 saturated carbocycles. The highest BCUT2D eigenvalue weighted by atomic mass is 35.5. The van der Waals surface area contributed by atoms with Gasteiger partial charge in [-0.3, -0.25) is 4.79 Å². The SMILES string of the molecule is COc1cccc2cc(C(=O)NC[C@@H]3CCCO3)c(=Nc3ccc(Cl)cc3)oc12. The fourth-order valence-corrected chi connectivity index (χ4v) is 3.40. The Labute approximate surface area is 173 Å². The predicted molar refractivity (Wildman–Crippen MR) is 111 cm³/mol. The summed E-state index contributed by atoms with van der Waals surface area (Å²) in [4.78, 5) is 17.5. The van der Waals surface area contributed by atoms with Crippen LogP contribution in [0.2, 0.25) is 5.02 Å². The van der Waals surface area contributed by atoms with Crippen LogP contribution in [-0.4, -0.2) is 32.3 Å². The second-order valence-electron chi connectivity index (χ2n) is 6.78. The average molecular weight is 413 g/mol. The number of halogens is 1. The van der Waals surface area contributed by atoms with E-state index in [0.29, 0.717) is 34.2 Å². The number of nitrogens with zero attached hydrogens (tertiary/aromatic N) is 1. The van der Waals surface area contributed by atoms with Crippen molar-refractivity contribution in [3.63, 3.8) is 0 Å². The molecule has 1 atom stereocenters. The smallest absolute Gasteiger partial charge is 0.256 e. The molecule has 4 rings (SSSR count). The van der Waals surface area contributed by atoms with Crippen LogP contribution in [0.4, 0.5) is 5.69 Å². The van der Waals surface area contributed by atoms with E-state index in [-0.39, 0.29) is 17.6 Å². The van der Waals surface area contributed by atoms with Gasteiger partial charge in [0, 0.05) is 23.6 Å². The molecule has 0 bridgehead atoms. The molecule has 1 saturated heterocycles. The molecule has 2 aromatic carbocycles. The molecule has 0 spiro atoms. The predicted octanol–water partition coefficient (Wildman–Crippen LogP) is 4.24. The molecule has 1 fully saturated rings. The van der Waals surface area contributed by atoms with Crippen LogP contribution < -0.4 is 15.6 Å². The number of hydrogen-bond acceptors (Lipinski definition) is 5. The molecule has 2 heterocycles. The third-order valence-corrected chi connectivity index (χ3v) is 5.03. The zero-order chi connectivity index (χ0) is 20.2. The maximum Gasteiger partial charge on any atom is 0.256 e. The lowest BCUT2D eigenvalue weighted by atomic mass is 10.1. The van der Waals surface area contributed by atoms with Gasteiger partial charge in [-0.25, -0.2) is 4.99 Å². The van der Waals surface area contributed by atoms with Crippen molar-refractivity contribution >= 4 is 34.2 Å². The summed E-state index contributed by atoms with van der Waals surface area (Å²) in [5.74, 6) is 0.308. The van der Waals surface area contributed by atoms with Gasteiger partial charge in [0.05, 0.1) is 18.9 Å². The van der Waals surface area contributed by atoms with Gasteiger partial charge in [0.25, 0.3) is 5.91 Å². The molecule has 6 nitrogen and oxygen atoms in total. The molecule has 150 valence electrons. The summed E-state index contributed by atoms with van der Waals surface area (Å²) in [5.41, 5.74) is 1.70. The standard InChI is InChI=1S/C22H21ClN2O4/c1-27-19-6-2-4-14-12-18(21(26)24-13-17-5-3-11-28-17)22(29-20(14)19)25-16-9-7-15(23)8-10-16/h2,4,6-10,12,17H,3,5,11,13H2,1H3,(H,24,26)/t17-/m0/s1. The zero-order valence-electron chi connectivity index (χ0n) is 16.0. The van der Waals surface area contributed by atoms with E-state index in [2.05, 4.69) is 10.3 Å². The minimum absolute atomic E-state index is 0.0492. The fourth-order valence-electron chi connectivity index (χ4n) is 3.27. The lowest BCUT2D eigenvalue weighted by Crippen LogP contribution is -2.34. The highest BCUT2D eigenvalue weighted by Crippen LogP contribution is 2.25. The van der Waals surface area contributed by atoms with E-state index in [1.165, 1.54) is 0 Å². The van der Waals surface area contributed by atoms with Crippen LogP contribution in [0.25, 0.3) is 11.0 Å². The quantitative estimate of drug-likeness (QED) is 0.680. The van der Waals surface area contributed by atoms with E-state index >= 15 is 0 Å². The van der Waals surface area contributed by atoms with Gasteiger partial charge in [-0.15, -0.1) is 0 Å². The monoisotopic (exact) mass is 412 g/mol. The second-order valence-corrected chi connectivity index (χ2v) is 7.21. The Bertz CT molecular complexity index is 1090. The minimum atomic E-state index is -0.262. The third-order valence-electron chi connectivity index (χ3n) is 4.77. The molecule has 1 amide bonds. The highest BCUT2D eigenvalue weighted by Gasteiger charge is 2.19. The number of fused-ring (bicyclic) bond motifs is 1. The van der Waals surface area contributed by atoms with Gasteiger partial charge >= 0.3 is 0 Å². The number of methoxy groups -OCH3 is 1. The molecule has 3 aromatic rings. The van der Waals surface area contributed by atoms with Crippen molar-refractivity contribution in [1.29, 1.82) is 0 Å². The van der Waals surface area contributed by atoms with Crippen molar-refractivity contribution < 1.29 is 18.7 Å². The number of rotatable bonds is 5. The van der Waals surface area contributed by atoms with E-state index in [0.717, 1.165) is 24.8 Å². The van der Waals surface area contributed by atoms with Gasteiger partial charge in [-0.1, -0.05) is 23.7 Å². The summed E-state index contributed by atoms with van der Waals surface area (Å²) in [5, 5.41) is 4.29. The van der Waals surface area contributed by atoms with Crippen LogP contribution in [-0.2, 0) is 4.74 Å². The van der Waals surface area contributed by atoms with Gasteiger partial charge in [0.2, 0.25) is 5.55 Å². The fraction of sp³-hybridized carbons (Fsp3) is 0.273. The molecule has 0 aliphatic carbocycles. The molecule has 1 aliphatic heterocycles. The minimum Gasteiger partial charge on any atom is -0.493 e. The Morgan fingerprint density at radius 3 is 2.83 bits per heavy atom. The Morgan fingerprint density at radius 1 is 1.28 bits per heavy atom. The van der Waals surface area contributed by atoms with E-state index in [1.54, 1.807) is 43.5 Å². The molecular formula is C22H21ClN2O4. The summed E-state index contributed by atoms with van der Waals surface area (Å²) in [6, 6.07) is 14.3. The zero-order valence-corrected chi connectivity index (χ0v) is 16.7. The summed E-state index contributed by atoms with van der Waals surface area (Å²) in [7, 11) is 1.57. The Hall–Kier alpha value is -2.83. The summed E-state index contributed by atoms with van der Waals surface area (Å²) in [6.45, 7) is 1.19. The van der Waals surface area contributed by atoms with Crippen LogP contribution in [0.3, 0.4) is 0 Å². The number of carbonyl (C=O) groups is 1. The van der Waals surface area contributed by atoms with Crippen molar-refractivity contribution in [3.8, 4) is 5.75 Å². The highest BCUT2D eigenvalue weighted by molar-refractivity contribution is 6.30. The first-order valence-corrected chi connectivity index (χ1v) is 9.83. The second kappa shape index (κ2) is 8.68. The first kappa shape index (κ1) is 19.5. The normalized spacial score (nSPS) is 16.9. The van der Waals surface area contributed by atoms with Crippen molar-refractivity contribution in [1.82, 2.24) is 5.32 Å². The van der Waals surface area contributed by atoms with Crippen LogP contribution in [0.5, 0.6) is 5.75 Å². The first-order chi connectivity index (χ1) is 14.1. The summed E-state index contributed by atoms with van der Waals surface area (Å²) < 4.78 is 17.0. The molecule has 0 unspecified atom stereocenters. The number of ether oxygens (including phenoxy) is 2. The van der Waals surface area contributed by atoms with Crippen LogP contribution >= 0.6 is 11.6 Å². The molecule has 29 heavy (non-hydrogen) atoms. The first-order valence-electron chi connectivity index (χ1n) is 9.45. The summed E-state index contributed by atoms with van der Waals surface area (Å²) >= 11 is 5.96. The number of benzene rings is 2. The molecular weight excluding hydrogens is 392 g/mol. The van der Waals surface area contributed by atoms with E-state index in [9.17, 15) is 4.79 Å². The maximum atomic E-state index is 12.9. The van der Waals surface area contributed by atoms with Gasteiger partial charge in [0.15, 0.2) is 11.3 Å². The van der Waals surface area contributed by atoms with Gasteiger partial charge in [0.1, 0.15) is 5.56 Å². The summed E-state index contributed by atoms with van der Waals surface area (Å²) in [6.07, 6.45) is 2.01. The largest absolute Gasteiger partial charge is 0.493 e. The molecule has 1 aliphatic rings. The van der Waals surface area contributed by atoms with Crippen LogP contribution in [0.1, 0.15) is 23.2 Å². The van der Waals surface area contributed by atoms with Crippen molar-refractivity contribution in [2.24, 2.45) is 4.99 Å². The van der Waals surface area contributed by atoms with E-state index in [1.807, 2.05) is 12.1 Å². The number of nitrogens with one attached hydrogen (secondary N) is 1. The molecule has 1 aromatic heterocycles. The number of para-hydroxylation sites is 1. The lowest BCUT2D eigenvalue weighted by molar-refractivity contribution is 0.0854. The Balaban J connectivity index is 1.77.